The van der Waals surface area contributed by atoms with Crippen LogP contribution in [0.3, 0.4) is 0 Å². The number of nitrogens with one attached hydrogen (secondary N) is 2. The lowest BCUT2D eigenvalue weighted by atomic mass is 10.0. The van der Waals surface area contributed by atoms with Crippen LogP contribution in [-0.2, 0) is 16.0 Å². The minimum Gasteiger partial charge on any atom is -0.368 e. The summed E-state index contributed by atoms with van der Waals surface area (Å²) in [5.41, 5.74) is 7.37. The van der Waals surface area contributed by atoms with Crippen LogP contribution in [0.5, 0.6) is 0 Å². The van der Waals surface area contributed by atoms with E-state index in [9.17, 15) is 4.79 Å². The zero-order valence-electron chi connectivity index (χ0n) is 14.4. The lowest BCUT2D eigenvalue weighted by Crippen LogP contribution is -2.53. The van der Waals surface area contributed by atoms with Crippen molar-refractivity contribution in [2.75, 3.05) is 12.3 Å². The summed E-state index contributed by atoms with van der Waals surface area (Å²) in [6.07, 6.45) is 0.431. The highest BCUT2D eigenvalue weighted by Crippen LogP contribution is 2.52. The number of hydrogen-bond donors (Lipinski definition) is 3. The van der Waals surface area contributed by atoms with Gasteiger partial charge in [0.25, 0.3) is 0 Å². The van der Waals surface area contributed by atoms with Gasteiger partial charge in [-0.25, -0.2) is 0 Å². The molecule has 4 N–H and O–H groups in total. The molecule has 2 aliphatic heterocycles. The van der Waals surface area contributed by atoms with Gasteiger partial charge in [-0.15, -0.1) is 11.8 Å². The van der Waals surface area contributed by atoms with Crippen LogP contribution in [0.25, 0.3) is 0 Å². The monoisotopic (exact) mass is 369 g/mol. The van der Waals surface area contributed by atoms with E-state index in [-0.39, 0.29) is 17.4 Å². The third-order valence-corrected chi connectivity index (χ3v) is 6.27. The van der Waals surface area contributed by atoms with E-state index in [0.29, 0.717) is 6.42 Å². The smallest absolute Gasteiger partial charge is 0.234 e. The van der Waals surface area contributed by atoms with Gasteiger partial charge in [-0.2, -0.15) is 0 Å². The van der Waals surface area contributed by atoms with Gasteiger partial charge in [0, 0.05) is 12.3 Å². The van der Waals surface area contributed by atoms with E-state index in [4.69, 9.17) is 10.5 Å². The lowest BCUT2D eigenvalue weighted by Gasteiger charge is -2.28. The Morgan fingerprint density at radius 2 is 1.92 bits per heavy atom. The average Bonchev–Trinajstić information content (AvgIpc) is 3.37. The van der Waals surface area contributed by atoms with Crippen LogP contribution < -0.4 is 16.4 Å². The van der Waals surface area contributed by atoms with E-state index in [0.717, 1.165) is 17.9 Å². The summed E-state index contributed by atoms with van der Waals surface area (Å²) < 4.78 is 6.08. The highest BCUT2D eigenvalue weighted by Gasteiger charge is 2.64. The first-order chi connectivity index (χ1) is 12.7. The normalized spacial score (nSPS) is 28.6. The molecule has 2 heterocycles. The third kappa shape index (κ3) is 3.50. The molecule has 4 atom stereocenters. The molecule has 0 spiro atoms. The molecule has 4 rings (SSSR count). The molecule has 1 amide bonds. The van der Waals surface area contributed by atoms with Crippen LogP contribution in [-0.4, -0.2) is 36.2 Å². The number of ether oxygens (including phenoxy) is 1. The Kier molecular flexibility index (Phi) is 5.00. The van der Waals surface area contributed by atoms with E-state index < -0.39 is 11.8 Å². The van der Waals surface area contributed by atoms with E-state index >= 15 is 0 Å². The van der Waals surface area contributed by atoms with Gasteiger partial charge in [0.1, 0.15) is 0 Å². The maximum absolute atomic E-state index is 12.1. The minimum absolute atomic E-state index is 0.0984. The van der Waals surface area contributed by atoms with Crippen molar-refractivity contribution >= 4 is 17.7 Å². The highest BCUT2D eigenvalue weighted by atomic mass is 32.2. The number of hydrogen-bond acceptors (Lipinski definition) is 5. The Bertz CT molecular complexity index is 758. The Morgan fingerprint density at radius 3 is 2.62 bits per heavy atom. The molecule has 0 aromatic heterocycles. The molecule has 2 aromatic rings. The molecule has 136 valence electrons. The number of carbonyl (C=O) groups excluding carboxylic acids is 1. The molecule has 0 bridgehead atoms. The first kappa shape index (κ1) is 17.5. The van der Waals surface area contributed by atoms with Gasteiger partial charge >= 0.3 is 0 Å². The first-order valence-corrected chi connectivity index (χ1v) is 9.92. The standard InChI is InChI=1S/C20H23N3O2S/c21-18(24)16(13-14-7-3-1-4-8-14)23-20-17(15-9-5-2-6-10-15)26-12-11-22-19(20)25-20/h1-10,16-17,19,22-23H,11-13H2,(H2,21,24)/t16-,17?,19?,20?/m0/s1. The fourth-order valence-electron chi connectivity index (χ4n) is 3.55. The van der Waals surface area contributed by atoms with Crippen LogP contribution in [0.15, 0.2) is 60.7 Å². The predicted molar refractivity (Wildman–Crippen MR) is 104 cm³/mol. The largest absolute Gasteiger partial charge is 0.368 e. The number of benzene rings is 2. The number of thioether (sulfide) groups is 1. The number of carbonyl (C=O) groups is 1. The molecule has 2 aliphatic rings. The Labute approximate surface area is 157 Å². The quantitative estimate of drug-likeness (QED) is 0.677. The molecule has 6 heteroatoms. The van der Waals surface area contributed by atoms with Gasteiger partial charge in [-0.3, -0.25) is 15.4 Å². The number of fused-ring (bicyclic) bond motifs is 1. The molecule has 0 saturated carbocycles. The van der Waals surface area contributed by atoms with Crippen LogP contribution in [0.2, 0.25) is 0 Å². The van der Waals surface area contributed by atoms with Crippen molar-refractivity contribution < 1.29 is 9.53 Å². The summed E-state index contributed by atoms with van der Waals surface area (Å²) in [6, 6.07) is 19.7. The second kappa shape index (κ2) is 7.40. The Hall–Kier alpha value is -1.86. The lowest BCUT2D eigenvalue weighted by molar-refractivity contribution is -0.120. The van der Waals surface area contributed by atoms with Crippen LogP contribution in [0, 0.1) is 0 Å². The minimum atomic E-state index is -0.614. The van der Waals surface area contributed by atoms with Crippen molar-refractivity contribution in [1.82, 2.24) is 10.6 Å². The summed E-state index contributed by atoms with van der Waals surface area (Å²) in [6.45, 7) is 0.877. The summed E-state index contributed by atoms with van der Waals surface area (Å²) in [5, 5.41) is 6.97. The number of rotatable bonds is 6. The molecule has 0 radical (unpaired) electrons. The maximum Gasteiger partial charge on any atom is 0.234 e. The fraction of sp³-hybridized carbons (Fsp3) is 0.350. The highest BCUT2D eigenvalue weighted by molar-refractivity contribution is 7.99. The molecule has 26 heavy (non-hydrogen) atoms. The van der Waals surface area contributed by atoms with E-state index in [1.807, 2.05) is 60.3 Å². The van der Waals surface area contributed by atoms with Crippen molar-refractivity contribution in [2.45, 2.75) is 29.7 Å². The summed E-state index contributed by atoms with van der Waals surface area (Å²) in [7, 11) is 0. The van der Waals surface area contributed by atoms with E-state index in [1.165, 1.54) is 5.56 Å². The molecule has 2 saturated heterocycles. The van der Waals surface area contributed by atoms with Gasteiger partial charge in [-0.1, -0.05) is 60.7 Å². The molecule has 2 aromatic carbocycles. The molecular formula is C20H23N3O2S. The molecule has 0 aliphatic carbocycles. The number of nitrogens with two attached hydrogens (primary N) is 1. The molecular weight excluding hydrogens is 346 g/mol. The Morgan fingerprint density at radius 1 is 1.23 bits per heavy atom. The Balaban J connectivity index is 1.59. The molecule has 3 unspecified atom stereocenters. The second-order valence-electron chi connectivity index (χ2n) is 6.70. The number of amides is 1. The summed E-state index contributed by atoms with van der Waals surface area (Å²) in [5.74, 6) is 0.626. The topological polar surface area (TPSA) is 79.7 Å². The third-order valence-electron chi connectivity index (χ3n) is 4.88. The predicted octanol–water partition coefficient (Wildman–Crippen LogP) is 1.80. The number of primary amides is 1. The van der Waals surface area contributed by atoms with Gasteiger partial charge in [0.05, 0.1) is 11.3 Å². The zero-order chi connectivity index (χ0) is 18.0. The zero-order valence-corrected chi connectivity index (χ0v) is 15.2. The maximum atomic E-state index is 12.1. The second-order valence-corrected chi connectivity index (χ2v) is 7.91. The average molecular weight is 369 g/mol. The molecule has 5 nitrogen and oxygen atoms in total. The van der Waals surface area contributed by atoms with Crippen LogP contribution >= 0.6 is 11.8 Å². The van der Waals surface area contributed by atoms with Gasteiger partial charge < -0.3 is 10.5 Å². The van der Waals surface area contributed by atoms with E-state index in [2.05, 4.69) is 22.8 Å². The first-order valence-electron chi connectivity index (χ1n) is 8.88. The van der Waals surface area contributed by atoms with Crippen LogP contribution in [0.4, 0.5) is 0 Å². The summed E-state index contributed by atoms with van der Waals surface area (Å²) >= 11 is 1.84. The molecule has 2 fully saturated rings. The van der Waals surface area contributed by atoms with Crippen molar-refractivity contribution in [3.63, 3.8) is 0 Å². The van der Waals surface area contributed by atoms with Crippen molar-refractivity contribution in [1.29, 1.82) is 0 Å². The summed E-state index contributed by atoms with van der Waals surface area (Å²) in [4.78, 5) is 12.1. The van der Waals surface area contributed by atoms with Gasteiger partial charge in [-0.05, 0) is 17.5 Å². The van der Waals surface area contributed by atoms with E-state index in [1.54, 1.807) is 0 Å². The fourth-order valence-corrected chi connectivity index (χ4v) is 4.86. The van der Waals surface area contributed by atoms with Crippen LogP contribution in [0.1, 0.15) is 16.4 Å². The number of epoxide rings is 1. The SMILES string of the molecule is NC(=O)[C@H](Cc1ccccc1)NC12OC1NCCSC2c1ccccc1. The van der Waals surface area contributed by atoms with Crippen molar-refractivity contribution in [3.05, 3.63) is 71.8 Å². The van der Waals surface area contributed by atoms with Gasteiger partial charge in [0.15, 0.2) is 12.0 Å². The van der Waals surface area contributed by atoms with Crippen molar-refractivity contribution in [2.24, 2.45) is 5.73 Å². The van der Waals surface area contributed by atoms with Crippen molar-refractivity contribution in [3.8, 4) is 0 Å². The van der Waals surface area contributed by atoms with Gasteiger partial charge in [0.2, 0.25) is 5.91 Å².